The Balaban J connectivity index is 1.73. The fourth-order valence-corrected chi connectivity index (χ4v) is 3.34. The minimum Gasteiger partial charge on any atom is -0.453 e. The Labute approximate surface area is 142 Å². The Morgan fingerprint density at radius 1 is 1.08 bits per heavy atom. The zero-order valence-corrected chi connectivity index (χ0v) is 14.0. The molecule has 3 rings (SSSR count). The van der Waals surface area contributed by atoms with Gasteiger partial charge in [0.05, 0.1) is 4.88 Å². The normalized spacial score (nSPS) is 10.8. The van der Waals surface area contributed by atoms with Gasteiger partial charge in [0.25, 0.3) is 0 Å². The van der Waals surface area contributed by atoms with Gasteiger partial charge in [0.1, 0.15) is 4.88 Å². The van der Waals surface area contributed by atoms with Crippen LogP contribution in [-0.4, -0.2) is 29.1 Å². The molecule has 0 unspecified atom stereocenters. The van der Waals surface area contributed by atoms with Gasteiger partial charge in [-0.1, -0.05) is 18.2 Å². The van der Waals surface area contributed by atoms with Crippen molar-refractivity contribution in [2.75, 3.05) is 6.61 Å². The van der Waals surface area contributed by atoms with Crippen molar-refractivity contribution in [2.45, 2.75) is 13.8 Å². The van der Waals surface area contributed by atoms with Crippen molar-refractivity contribution >= 4 is 39.8 Å². The number of Topliss-reactive ketones (excluding diaryl/α,β-unsaturated/α-hetero) is 2. The van der Waals surface area contributed by atoms with Gasteiger partial charge in [0.2, 0.25) is 5.78 Å². The highest BCUT2D eigenvalue weighted by atomic mass is 32.1. The maximum absolute atomic E-state index is 12.4. The molecule has 0 saturated heterocycles. The number of ether oxygens (including phenoxy) is 1. The zero-order chi connectivity index (χ0) is 17.3. The molecule has 1 N–H and O–H groups in total. The number of carbonyl (C=O) groups excluding carboxylic acids is 3. The van der Waals surface area contributed by atoms with Crippen molar-refractivity contribution in [1.82, 2.24) is 4.98 Å². The third-order valence-electron chi connectivity index (χ3n) is 3.66. The SMILES string of the molecule is CC(=O)c1ccc(C(=O)OCC(=O)c2c(C)[nH]c3ccccc23)s1. The summed E-state index contributed by atoms with van der Waals surface area (Å²) in [6.45, 7) is 2.91. The van der Waals surface area contributed by atoms with Crippen molar-refractivity contribution in [3.05, 3.63) is 57.4 Å². The van der Waals surface area contributed by atoms with Gasteiger partial charge in [0, 0.05) is 22.2 Å². The lowest BCUT2D eigenvalue weighted by Gasteiger charge is -2.03. The number of benzene rings is 1. The number of hydrogen-bond donors (Lipinski definition) is 1. The molecule has 5 nitrogen and oxygen atoms in total. The topological polar surface area (TPSA) is 76.2 Å². The number of aryl methyl sites for hydroxylation is 1. The van der Waals surface area contributed by atoms with Gasteiger partial charge in [-0.05, 0) is 32.0 Å². The molecule has 1 aromatic carbocycles. The molecule has 0 spiro atoms. The summed E-state index contributed by atoms with van der Waals surface area (Å²) >= 11 is 1.06. The molecule has 0 aliphatic rings. The molecule has 0 fully saturated rings. The van der Waals surface area contributed by atoms with E-state index in [1.165, 1.54) is 13.0 Å². The standard InChI is InChI=1S/C18H15NO4S/c1-10-17(12-5-3-4-6-13(12)19-10)14(21)9-23-18(22)16-8-7-15(24-16)11(2)20/h3-8,19H,9H2,1-2H3. The quantitative estimate of drug-likeness (QED) is 0.566. The minimum absolute atomic E-state index is 0.107. The first kappa shape index (κ1) is 16.1. The molecule has 0 saturated carbocycles. The Kier molecular flexibility index (Phi) is 4.31. The molecule has 122 valence electrons. The van der Waals surface area contributed by atoms with E-state index >= 15 is 0 Å². The second-order valence-electron chi connectivity index (χ2n) is 5.39. The van der Waals surface area contributed by atoms with E-state index in [1.54, 1.807) is 6.07 Å². The van der Waals surface area contributed by atoms with Gasteiger partial charge < -0.3 is 9.72 Å². The minimum atomic E-state index is -0.599. The summed E-state index contributed by atoms with van der Waals surface area (Å²) in [5, 5.41) is 0.811. The van der Waals surface area contributed by atoms with Crippen molar-refractivity contribution in [3.8, 4) is 0 Å². The van der Waals surface area contributed by atoms with E-state index in [0.717, 1.165) is 27.9 Å². The summed E-state index contributed by atoms with van der Waals surface area (Å²) in [4.78, 5) is 39.7. The van der Waals surface area contributed by atoms with Crippen LogP contribution < -0.4 is 0 Å². The van der Waals surface area contributed by atoms with Crippen molar-refractivity contribution in [1.29, 1.82) is 0 Å². The van der Waals surface area contributed by atoms with Crippen molar-refractivity contribution in [3.63, 3.8) is 0 Å². The molecular weight excluding hydrogens is 326 g/mol. The number of ketones is 2. The second kappa shape index (κ2) is 6.41. The smallest absolute Gasteiger partial charge is 0.348 e. The first-order chi connectivity index (χ1) is 11.5. The van der Waals surface area contributed by atoms with Gasteiger partial charge >= 0.3 is 5.97 Å². The lowest BCUT2D eigenvalue weighted by molar-refractivity contribution is 0.0480. The van der Waals surface area contributed by atoms with Gasteiger partial charge in [-0.3, -0.25) is 9.59 Å². The van der Waals surface area contributed by atoms with E-state index in [1.807, 2.05) is 31.2 Å². The van der Waals surface area contributed by atoms with E-state index < -0.39 is 5.97 Å². The fraction of sp³-hybridized carbons (Fsp3) is 0.167. The molecule has 2 heterocycles. The fourth-order valence-electron chi connectivity index (χ4n) is 2.55. The predicted molar refractivity (Wildman–Crippen MR) is 92.0 cm³/mol. The number of rotatable bonds is 5. The van der Waals surface area contributed by atoms with Crippen LogP contribution in [0.2, 0.25) is 0 Å². The first-order valence-electron chi connectivity index (χ1n) is 7.36. The van der Waals surface area contributed by atoms with Crippen molar-refractivity contribution < 1.29 is 19.1 Å². The average molecular weight is 341 g/mol. The number of fused-ring (bicyclic) bond motifs is 1. The van der Waals surface area contributed by atoms with Crippen LogP contribution in [0.3, 0.4) is 0 Å². The van der Waals surface area contributed by atoms with Crippen LogP contribution in [0.4, 0.5) is 0 Å². The highest BCUT2D eigenvalue weighted by Crippen LogP contribution is 2.23. The molecule has 0 atom stereocenters. The molecule has 0 bridgehead atoms. The first-order valence-corrected chi connectivity index (χ1v) is 8.17. The van der Waals surface area contributed by atoms with Crippen molar-refractivity contribution in [2.24, 2.45) is 0 Å². The van der Waals surface area contributed by atoms with Gasteiger partial charge in [0.15, 0.2) is 12.4 Å². The molecule has 3 aromatic rings. The molecular formula is C18H15NO4S. The Bertz CT molecular complexity index is 951. The summed E-state index contributed by atoms with van der Waals surface area (Å²) in [6.07, 6.45) is 0. The van der Waals surface area contributed by atoms with Crippen LogP contribution in [0.5, 0.6) is 0 Å². The number of nitrogens with one attached hydrogen (secondary N) is 1. The summed E-state index contributed by atoms with van der Waals surface area (Å²) in [6, 6.07) is 10.6. The lowest BCUT2D eigenvalue weighted by atomic mass is 10.1. The maximum Gasteiger partial charge on any atom is 0.348 e. The lowest BCUT2D eigenvalue weighted by Crippen LogP contribution is -2.14. The Morgan fingerprint density at radius 3 is 2.50 bits per heavy atom. The third kappa shape index (κ3) is 3.00. The number of aromatic amines is 1. The zero-order valence-electron chi connectivity index (χ0n) is 13.2. The molecule has 6 heteroatoms. The summed E-state index contributed by atoms with van der Waals surface area (Å²) in [7, 11) is 0. The molecule has 0 aliphatic carbocycles. The highest BCUT2D eigenvalue weighted by molar-refractivity contribution is 7.15. The molecule has 24 heavy (non-hydrogen) atoms. The predicted octanol–water partition coefficient (Wildman–Crippen LogP) is 3.78. The molecule has 0 aliphatic heterocycles. The number of thiophene rings is 1. The van der Waals surface area contributed by atoms with E-state index in [-0.39, 0.29) is 18.2 Å². The highest BCUT2D eigenvalue weighted by Gasteiger charge is 2.19. The van der Waals surface area contributed by atoms with Crippen LogP contribution in [-0.2, 0) is 4.74 Å². The number of para-hydroxylation sites is 1. The van der Waals surface area contributed by atoms with Gasteiger partial charge in [-0.15, -0.1) is 11.3 Å². The monoisotopic (exact) mass is 341 g/mol. The maximum atomic E-state index is 12.4. The summed E-state index contributed by atoms with van der Waals surface area (Å²) in [5.41, 5.74) is 2.15. The van der Waals surface area contributed by atoms with E-state index in [9.17, 15) is 14.4 Å². The summed E-state index contributed by atoms with van der Waals surface area (Å²) < 4.78 is 5.11. The van der Waals surface area contributed by atoms with E-state index in [2.05, 4.69) is 4.98 Å². The second-order valence-corrected chi connectivity index (χ2v) is 6.47. The number of aromatic nitrogens is 1. The van der Waals surface area contributed by atoms with Crippen LogP contribution in [0, 0.1) is 6.92 Å². The number of carbonyl (C=O) groups is 3. The summed E-state index contributed by atoms with van der Waals surface area (Å²) in [5.74, 6) is -0.968. The molecule has 2 aromatic heterocycles. The number of esters is 1. The van der Waals surface area contributed by atoms with Gasteiger partial charge in [-0.2, -0.15) is 0 Å². The number of hydrogen-bond acceptors (Lipinski definition) is 5. The van der Waals surface area contributed by atoms with Crippen LogP contribution in [0.25, 0.3) is 10.9 Å². The van der Waals surface area contributed by atoms with E-state index in [4.69, 9.17) is 4.74 Å². The Morgan fingerprint density at radius 2 is 1.79 bits per heavy atom. The molecule has 0 amide bonds. The largest absolute Gasteiger partial charge is 0.453 e. The number of H-pyrrole nitrogens is 1. The van der Waals surface area contributed by atoms with Gasteiger partial charge in [-0.25, -0.2) is 4.79 Å². The average Bonchev–Trinajstić information content (AvgIpc) is 3.16. The Hall–Kier alpha value is -2.73. The van der Waals surface area contributed by atoms with Crippen LogP contribution in [0.1, 0.15) is 42.3 Å². The van der Waals surface area contributed by atoms with E-state index in [0.29, 0.717) is 15.3 Å². The van der Waals surface area contributed by atoms with Crippen LogP contribution in [0.15, 0.2) is 36.4 Å². The third-order valence-corrected chi connectivity index (χ3v) is 4.83. The molecule has 0 radical (unpaired) electrons. The van der Waals surface area contributed by atoms with Crippen LogP contribution >= 0.6 is 11.3 Å².